The average Bonchev–Trinajstić information content (AvgIpc) is 2.45. The van der Waals surface area contributed by atoms with Gasteiger partial charge in [0.05, 0.1) is 6.61 Å². The summed E-state index contributed by atoms with van der Waals surface area (Å²) in [6, 6.07) is 1.29. The van der Waals surface area contributed by atoms with Crippen molar-refractivity contribution in [2.45, 2.75) is 71.9 Å². The van der Waals surface area contributed by atoms with E-state index in [4.69, 9.17) is 4.74 Å². The SMILES string of the molecule is CCCCCN(CC1COCCC1NCCC)C(C)C. The molecule has 1 N–H and O–H groups in total. The molecule has 1 saturated heterocycles. The standard InChI is InChI=1S/C17H36N2O/c1-5-7-8-11-19(15(3)4)13-16-14-20-12-9-17(16)18-10-6-2/h15-18H,5-14H2,1-4H3. The first-order chi connectivity index (χ1) is 9.69. The monoisotopic (exact) mass is 284 g/mol. The normalized spacial score (nSPS) is 23.7. The van der Waals surface area contributed by atoms with Crippen molar-refractivity contribution in [1.82, 2.24) is 10.2 Å². The van der Waals surface area contributed by atoms with Crippen molar-refractivity contribution in [2.24, 2.45) is 5.92 Å². The van der Waals surface area contributed by atoms with E-state index in [1.807, 2.05) is 0 Å². The van der Waals surface area contributed by atoms with Gasteiger partial charge in [-0.3, -0.25) is 0 Å². The maximum Gasteiger partial charge on any atom is 0.0521 e. The molecule has 0 amide bonds. The summed E-state index contributed by atoms with van der Waals surface area (Å²) >= 11 is 0. The lowest BCUT2D eigenvalue weighted by Crippen LogP contribution is -2.49. The Morgan fingerprint density at radius 3 is 2.65 bits per heavy atom. The van der Waals surface area contributed by atoms with E-state index in [2.05, 4.69) is 37.9 Å². The van der Waals surface area contributed by atoms with Gasteiger partial charge in [0.1, 0.15) is 0 Å². The maximum atomic E-state index is 5.73. The van der Waals surface area contributed by atoms with Gasteiger partial charge in [-0.15, -0.1) is 0 Å². The van der Waals surface area contributed by atoms with E-state index >= 15 is 0 Å². The van der Waals surface area contributed by atoms with Gasteiger partial charge in [-0.25, -0.2) is 0 Å². The molecule has 1 fully saturated rings. The molecule has 3 nitrogen and oxygen atoms in total. The molecular weight excluding hydrogens is 248 g/mol. The van der Waals surface area contributed by atoms with E-state index in [1.165, 1.54) is 45.2 Å². The zero-order valence-electron chi connectivity index (χ0n) is 14.2. The summed E-state index contributed by atoms with van der Waals surface area (Å²) in [6.07, 6.45) is 6.37. The molecule has 20 heavy (non-hydrogen) atoms. The first-order valence-corrected chi connectivity index (χ1v) is 8.74. The van der Waals surface area contributed by atoms with Crippen LogP contribution in [0.15, 0.2) is 0 Å². The molecule has 0 radical (unpaired) electrons. The molecule has 1 aliphatic rings. The van der Waals surface area contributed by atoms with E-state index in [9.17, 15) is 0 Å². The topological polar surface area (TPSA) is 24.5 Å². The Hall–Kier alpha value is -0.120. The van der Waals surface area contributed by atoms with E-state index in [1.54, 1.807) is 0 Å². The molecule has 120 valence electrons. The molecule has 1 rings (SSSR count). The first kappa shape index (κ1) is 17.9. The summed E-state index contributed by atoms with van der Waals surface area (Å²) in [5, 5.41) is 3.73. The third-order valence-electron chi connectivity index (χ3n) is 4.38. The van der Waals surface area contributed by atoms with Gasteiger partial charge in [-0.1, -0.05) is 26.7 Å². The van der Waals surface area contributed by atoms with E-state index in [0.717, 1.165) is 19.8 Å². The Balaban J connectivity index is 2.45. The highest BCUT2D eigenvalue weighted by molar-refractivity contribution is 4.83. The fourth-order valence-electron chi connectivity index (χ4n) is 3.00. The second kappa shape index (κ2) is 10.6. The molecule has 2 unspecified atom stereocenters. The smallest absolute Gasteiger partial charge is 0.0521 e. The van der Waals surface area contributed by atoms with Gasteiger partial charge >= 0.3 is 0 Å². The van der Waals surface area contributed by atoms with Crippen LogP contribution in [0.25, 0.3) is 0 Å². The van der Waals surface area contributed by atoms with Gasteiger partial charge in [0.2, 0.25) is 0 Å². The predicted molar refractivity (Wildman–Crippen MR) is 87.2 cm³/mol. The molecule has 0 saturated carbocycles. The molecule has 0 aliphatic carbocycles. The first-order valence-electron chi connectivity index (χ1n) is 8.74. The summed E-state index contributed by atoms with van der Waals surface area (Å²) in [5.41, 5.74) is 0. The molecule has 2 atom stereocenters. The highest BCUT2D eigenvalue weighted by atomic mass is 16.5. The van der Waals surface area contributed by atoms with Gasteiger partial charge in [-0.2, -0.15) is 0 Å². The Bertz CT molecular complexity index is 233. The van der Waals surface area contributed by atoms with Crippen molar-refractivity contribution in [2.75, 3.05) is 32.8 Å². The van der Waals surface area contributed by atoms with Crippen molar-refractivity contribution in [3.8, 4) is 0 Å². The molecule has 0 spiro atoms. The maximum absolute atomic E-state index is 5.73. The molecule has 1 heterocycles. The lowest BCUT2D eigenvalue weighted by molar-refractivity contribution is 0.0119. The molecule has 0 aromatic carbocycles. The Kier molecular flexibility index (Phi) is 9.49. The van der Waals surface area contributed by atoms with Gasteiger partial charge in [-0.05, 0) is 46.2 Å². The highest BCUT2D eigenvalue weighted by Gasteiger charge is 2.27. The van der Waals surface area contributed by atoms with Crippen LogP contribution >= 0.6 is 0 Å². The predicted octanol–water partition coefficient (Wildman–Crippen LogP) is 3.29. The zero-order valence-corrected chi connectivity index (χ0v) is 14.2. The molecule has 1 aliphatic heterocycles. The van der Waals surface area contributed by atoms with Crippen molar-refractivity contribution >= 4 is 0 Å². The summed E-state index contributed by atoms with van der Waals surface area (Å²) in [5.74, 6) is 0.652. The van der Waals surface area contributed by atoms with Gasteiger partial charge in [0.15, 0.2) is 0 Å². The number of hydrogen-bond donors (Lipinski definition) is 1. The second-order valence-electron chi connectivity index (χ2n) is 6.48. The number of nitrogens with zero attached hydrogens (tertiary/aromatic N) is 1. The minimum atomic E-state index is 0.639. The third kappa shape index (κ3) is 6.55. The number of nitrogens with one attached hydrogen (secondary N) is 1. The van der Waals surface area contributed by atoms with Crippen LogP contribution in [-0.2, 0) is 4.74 Å². The minimum Gasteiger partial charge on any atom is -0.381 e. The largest absolute Gasteiger partial charge is 0.381 e. The lowest BCUT2D eigenvalue weighted by atomic mass is 9.94. The number of unbranched alkanes of at least 4 members (excludes halogenated alkanes) is 2. The van der Waals surface area contributed by atoms with Gasteiger partial charge in [0.25, 0.3) is 0 Å². The second-order valence-corrected chi connectivity index (χ2v) is 6.48. The molecule has 0 aromatic rings. The summed E-state index contributed by atoms with van der Waals surface area (Å²) in [6.45, 7) is 14.6. The summed E-state index contributed by atoms with van der Waals surface area (Å²) in [7, 11) is 0. The van der Waals surface area contributed by atoms with Crippen molar-refractivity contribution in [1.29, 1.82) is 0 Å². The van der Waals surface area contributed by atoms with Crippen molar-refractivity contribution in [3.63, 3.8) is 0 Å². The Morgan fingerprint density at radius 1 is 1.20 bits per heavy atom. The van der Waals surface area contributed by atoms with Crippen LogP contribution in [0.5, 0.6) is 0 Å². The number of hydrogen-bond acceptors (Lipinski definition) is 3. The quantitative estimate of drug-likeness (QED) is 0.623. The zero-order chi connectivity index (χ0) is 14.8. The van der Waals surface area contributed by atoms with Crippen molar-refractivity contribution in [3.05, 3.63) is 0 Å². The van der Waals surface area contributed by atoms with Gasteiger partial charge in [0, 0.05) is 31.2 Å². The fraction of sp³-hybridized carbons (Fsp3) is 1.00. The highest BCUT2D eigenvalue weighted by Crippen LogP contribution is 2.18. The van der Waals surface area contributed by atoms with Crippen LogP contribution in [0.3, 0.4) is 0 Å². The van der Waals surface area contributed by atoms with E-state index in [-0.39, 0.29) is 0 Å². The van der Waals surface area contributed by atoms with E-state index < -0.39 is 0 Å². The number of rotatable bonds is 10. The van der Waals surface area contributed by atoms with E-state index in [0.29, 0.717) is 18.0 Å². The minimum absolute atomic E-state index is 0.639. The summed E-state index contributed by atoms with van der Waals surface area (Å²) < 4.78 is 5.73. The molecular formula is C17H36N2O. The van der Waals surface area contributed by atoms with Crippen LogP contribution in [0, 0.1) is 5.92 Å². The summed E-state index contributed by atoms with van der Waals surface area (Å²) in [4.78, 5) is 2.65. The third-order valence-corrected chi connectivity index (χ3v) is 4.38. The molecule has 0 bridgehead atoms. The van der Waals surface area contributed by atoms with Crippen molar-refractivity contribution < 1.29 is 4.74 Å². The Morgan fingerprint density at radius 2 is 2.00 bits per heavy atom. The lowest BCUT2D eigenvalue weighted by Gasteiger charge is -2.37. The number of ether oxygens (including phenoxy) is 1. The van der Waals surface area contributed by atoms with Crippen LogP contribution < -0.4 is 5.32 Å². The van der Waals surface area contributed by atoms with Crippen LogP contribution in [0.2, 0.25) is 0 Å². The average molecular weight is 284 g/mol. The van der Waals surface area contributed by atoms with Crippen LogP contribution in [0.1, 0.15) is 59.8 Å². The molecule has 3 heteroatoms. The molecule has 0 aromatic heterocycles. The fourth-order valence-corrected chi connectivity index (χ4v) is 3.00. The Labute approximate surface area is 126 Å². The van der Waals surface area contributed by atoms with Gasteiger partial charge < -0.3 is 15.0 Å². The van der Waals surface area contributed by atoms with Crippen LogP contribution in [0.4, 0.5) is 0 Å². The van der Waals surface area contributed by atoms with Crippen LogP contribution in [-0.4, -0.2) is 49.8 Å².